The fourth-order valence-electron chi connectivity index (χ4n) is 4.27. The lowest BCUT2D eigenvalue weighted by Gasteiger charge is -2.19. The summed E-state index contributed by atoms with van der Waals surface area (Å²) in [7, 11) is 3.75. The molecular formula is C27H30N6OS. The molecule has 0 fully saturated rings. The van der Waals surface area contributed by atoms with Gasteiger partial charge in [0.2, 0.25) is 0 Å². The maximum atomic E-state index is 13.2. The van der Waals surface area contributed by atoms with Gasteiger partial charge < -0.3 is 14.4 Å². The van der Waals surface area contributed by atoms with Crippen molar-refractivity contribution in [3.05, 3.63) is 65.5 Å². The van der Waals surface area contributed by atoms with E-state index in [1.165, 1.54) is 17.3 Å². The standard InChI is InChI=1S/C27H30N6OS/c1-7-33-24(18-12-14-19(15-13-18)27(2,3)4)29-30-26(33)35-17-23(34)20(16-28)25-31(5)21-10-8-9-11-22(21)32(25)6/h8-15H,7,17H2,1-6H3. The van der Waals surface area contributed by atoms with Gasteiger partial charge in [-0.1, -0.05) is 68.9 Å². The number of rotatable bonds is 6. The minimum Gasteiger partial charge on any atom is -0.328 e. The molecule has 1 aliphatic heterocycles. The molecule has 35 heavy (non-hydrogen) atoms. The molecule has 0 N–H and O–H groups in total. The fraction of sp³-hybridized carbons (Fsp3) is 0.333. The molecule has 2 heterocycles. The highest BCUT2D eigenvalue weighted by molar-refractivity contribution is 7.99. The number of benzene rings is 2. The van der Waals surface area contributed by atoms with Crippen LogP contribution in [0.4, 0.5) is 11.4 Å². The van der Waals surface area contributed by atoms with Crippen LogP contribution in [0.15, 0.2) is 65.1 Å². The van der Waals surface area contributed by atoms with Crippen molar-refractivity contribution in [3.8, 4) is 17.5 Å². The highest BCUT2D eigenvalue weighted by Crippen LogP contribution is 2.40. The highest BCUT2D eigenvalue weighted by Gasteiger charge is 2.31. The molecule has 0 radical (unpaired) electrons. The third-order valence-electron chi connectivity index (χ3n) is 6.23. The molecule has 1 aliphatic rings. The Kier molecular flexibility index (Phi) is 6.73. The number of carbonyl (C=O) groups excluding carboxylic acids is 1. The van der Waals surface area contributed by atoms with Crippen LogP contribution in [-0.4, -0.2) is 40.4 Å². The van der Waals surface area contributed by atoms with E-state index in [1.54, 1.807) is 0 Å². The van der Waals surface area contributed by atoms with Gasteiger partial charge in [-0.25, -0.2) is 0 Å². The molecule has 0 saturated carbocycles. The summed E-state index contributed by atoms with van der Waals surface area (Å²) in [5.74, 6) is 1.23. The Balaban J connectivity index is 1.55. The van der Waals surface area contributed by atoms with Crippen LogP contribution in [0.2, 0.25) is 0 Å². The van der Waals surface area contributed by atoms with Crippen molar-refractivity contribution in [1.29, 1.82) is 5.26 Å². The number of anilines is 2. The van der Waals surface area contributed by atoms with Crippen LogP contribution in [0.25, 0.3) is 11.4 Å². The Morgan fingerprint density at radius 1 is 1.00 bits per heavy atom. The molecular weight excluding hydrogens is 456 g/mol. The molecule has 8 heteroatoms. The topological polar surface area (TPSA) is 78.0 Å². The molecule has 0 spiro atoms. The van der Waals surface area contributed by atoms with Gasteiger partial charge >= 0.3 is 0 Å². The first-order chi connectivity index (χ1) is 16.7. The number of hydrogen-bond acceptors (Lipinski definition) is 7. The number of nitriles is 1. The van der Waals surface area contributed by atoms with E-state index in [4.69, 9.17) is 0 Å². The average molecular weight is 487 g/mol. The normalized spacial score (nSPS) is 13.1. The number of hydrogen-bond donors (Lipinski definition) is 0. The zero-order valence-electron chi connectivity index (χ0n) is 21.0. The first-order valence-corrected chi connectivity index (χ1v) is 12.6. The molecule has 0 aliphatic carbocycles. The summed E-state index contributed by atoms with van der Waals surface area (Å²) in [6.07, 6.45) is 0. The van der Waals surface area contributed by atoms with Crippen LogP contribution in [0.3, 0.4) is 0 Å². The first-order valence-electron chi connectivity index (χ1n) is 11.6. The van der Waals surface area contributed by atoms with Crippen molar-refractivity contribution < 1.29 is 4.79 Å². The van der Waals surface area contributed by atoms with Gasteiger partial charge in [0.15, 0.2) is 16.8 Å². The molecule has 0 bridgehead atoms. The Labute approximate surface area is 211 Å². The summed E-state index contributed by atoms with van der Waals surface area (Å²) in [6, 6.07) is 18.4. The van der Waals surface area contributed by atoms with Crippen molar-refractivity contribution in [1.82, 2.24) is 14.8 Å². The number of carbonyl (C=O) groups is 1. The maximum absolute atomic E-state index is 13.2. The third kappa shape index (κ3) is 4.56. The average Bonchev–Trinajstić information content (AvgIpc) is 3.37. The van der Waals surface area contributed by atoms with Gasteiger partial charge in [-0.2, -0.15) is 5.26 Å². The molecule has 0 unspecified atom stereocenters. The predicted molar refractivity (Wildman–Crippen MR) is 141 cm³/mol. The fourth-order valence-corrected chi connectivity index (χ4v) is 5.15. The Morgan fingerprint density at radius 3 is 2.11 bits per heavy atom. The van der Waals surface area contributed by atoms with Crippen molar-refractivity contribution in [2.45, 2.75) is 44.8 Å². The molecule has 3 aromatic rings. The summed E-state index contributed by atoms with van der Waals surface area (Å²) in [5, 5.41) is 19.3. The summed E-state index contributed by atoms with van der Waals surface area (Å²) in [4.78, 5) is 17.0. The zero-order valence-corrected chi connectivity index (χ0v) is 21.8. The van der Waals surface area contributed by atoms with Crippen LogP contribution in [0.5, 0.6) is 0 Å². The molecule has 2 aromatic carbocycles. The number of para-hydroxylation sites is 2. The molecule has 1 aromatic heterocycles. The molecule has 180 valence electrons. The Hall–Kier alpha value is -3.57. The van der Waals surface area contributed by atoms with Crippen molar-refractivity contribution in [3.63, 3.8) is 0 Å². The summed E-state index contributed by atoms with van der Waals surface area (Å²) >= 11 is 1.31. The van der Waals surface area contributed by atoms with Crippen LogP contribution in [0.1, 0.15) is 33.3 Å². The molecule has 7 nitrogen and oxygen atoms in total. The van der Waals surface area contributed by atoms with E-state index in [0.29, 0.717) is 17.5 Å². The number of ketones is 1. The van der Waals surface area contributed by atoms with Crippen LogP contribution >= 0.6 is 11.8 Å². The second-order valence-electron chi connectivity index (χ2n) is 9.51. The number of allylic oxidation sites excluding steroid dienone is 1. The summed E-state index contributed by atoms with van der Waals surface area (Å²) in [6.45, 7) is 9.27. The minimum absolute atomic E-state index is 0.0775. The van der Waals surface area contributed by atoms with Gasteiger partial charge in [-0.15, -0.1) is 10.2 Å². The van der Waals surface area contributed by atoms with E-state index in [2.05, 4.69) is 61.3 Å². The number of nitrogens with zero attached hydrogens (tertiary/aromatic N) is 6. The van der Waals surface area contributed by atoms with Gasteiger partial charge in [-0.05, 0) is 30.0 Å². The third-order valence-corrected chi connectivity index (χ3v) is 7.20. The molecule has 4 rings (SSSR count). The number of Topliss-reactive ketones (excluding diaryl/α,β-unsaturated/α-hetero) is 1. The SMILES string of the molecule is CCn1c(SCC(=O)C(C#N)=C2N(C)c3ccccc3N2C)nnc1-c1ccc(C(C)(C)C)cc1. The van der Waals surface area contributed by atoms with Crippen molar-refractivity contribution >= 4 is 28.9 Å². The van der Waals surface area contributed by atoms with Crippen molar-refractivity contribution in [2.24, 2.45) is 0 Å². The first kappa shape index (κ1) is 24.6. The van der Waals surface area contributed by atoms with E-state index in [9.17, 15) is 10.1 Å². The van der Waals surface area contributed by atoms with Gasteiger partial charge in [0.1, 0.15) is 17.5 Å². The number of fused-ring (bicyclic) bond motifs is 1. The van der Waals surface area contributed by atoms with Crippen LogP contribution in [-0.2, 0) is 16.8 Å². The van der Waals surface area contributed by atoms with Gasteiger partial charge in [-0.3, -0.25) is 4.79 Å². The lowest BCUT2D eigenvalue weighted by molar-refractivity contribution is -0.112. The van der Waals surface area contributed by atoms with Gasteiger partial charge in [0, 0.05) is 26.2 Å². The zero-order chi connectivity index (χ0) is 25.3. The monoisotopic (exact) mass is 486 g/mol. The molecule has 0 saturated heterocycles. The molecule has 0 amide bonds. The van der Waals surface area contributed by atoms with E-state index in [-0.39, 0.29) is 22.5 Å². The molecule has 0 atom stereocenters. The number of aromatic nitrogens is 3. The minimum atomic E-state index is -0.235. The van der Waals surface area contributed by atoms with E-state index < -0.39 is 0 Å². The van der Waals surface area contributed by atoms with Gasteiger partial charge in [0.25, 0.3) is 0 Å². The van der Waals surface area contributed by atoms with E-state index >= 15 is 0 Å². The lowest BCUT2D eigenvalue weighted by Crippen LogP contribution is -2.26. The Morgan fingerprint density at radius 2 is 1.60 bits per heavy atom. The van der Waals surface area contributed by atoms with E-state index in [1.807, 2.05) is 59.7 Å². The Bertz CT molecular complexity index is 1300. The smallest absolute Gasteiger partial charge is 0.191 e. The number of thioether (sulfide) groups is 1. The predicted octanol–water partition coefficient (Wildman–Crippen LogP) is 5.25. The van der Waals surface area contributed by atoms with E-state index in [0.717, 1.165) is 22.8 Å². The quantitative estimate of drug-likeness (QED) is 0.268. The second kappa shape index (κ2) is 9.59. The summed E-state index contributed by atoms with van der Waals surface area (Å²) in [5.41, 5.74) is 4.38. The lowest BCUT2D eigenvalue weighted by atomic mass is 9.87. The largest absolute Gasteiger partial charge is 0.328 e. The van der Waals surface area contributed by atoms with Crippen molar-refractivity contribution in [2.75, 3.05) is 29.6 Å². The van der Waals surface area contributed by atoms with Crippen LogP contribution in [0, 0.1) is 11.3 Å². The van der Waals surface area contributed by atoms with Gasteiger partial charge in [0.05, 0.1) is 17.1 Å². The van der Waals surface area contributed by atoms with Crippen LogP contribution < -0.4 is 9.80 Å². The summed E-state index contributed by atoms with van der Waals surface area (Å²) < 4.78 is 2.01. The maximum Gasteiger partial charge on any atom is 0.191 e. The highest BCUT2D eigenvalue weighted by atomic mass is 32.2. The second-order valence-corrected chi connectivity index (χ2v) is 10.4.